The second kappa shape index (κ2) is 6.01. The fourth-order valence-corrected chi connectivity index (χ4v) is 3.11. The predicted molar refractivity (Wildman–Crippen MR) is 56.6 cm³/mol. The average Bonchev–Trinajstić information content (AvgIpc) is 2.18. The van der Waals surface area contributed by atoms with E-state index in [2.05, 4.69) is 10.1 Å². The van der Waals surface area contributed by atoms with Crippen LogP contribution in [0.15, 0.2) is 0 Å². The summed E-state index contributed by atoms with van der Waals surface area (Å²) in [6.45, 7) is -0.961. The normalized spacial score (nSPS) is 21.6. The molecule has 0 unspecified atom stereocenters. The summed E-state index contributed by atoms with van der Waals surface area (Å²) >= 11 is 0. The van der Waals surface area contributed by atoms with Crippen LogP contribution in [0.1, 0.15) is 12.8 Å². The van der Waals surface area contributed by atoms with Crippen LogP contribution >= 0.6 is 0 Å². The zero-order chi connectivity index (χ0) is 12.9. The van der Waals surface area contributed by atoms with Crippen LogP contribution in [0.3, 0.4) is 0 Å². The van der Waals surface area contributed by atoms with Gasteiger partial charge in [0.1, 0.15) is 16.4 Å². The van der Waals surface area contributed by atoms with Crippen LogP contribution in [0.25, 0.3) is 0 Å². The van der Waals surface area contributed by atoms with Gasteiger partial charge in [0.05, 0.1) is 18.1 Å². The Labute approximate surface area is 98.4 Å². The summed E-state index contributed by atoms with van der Waals surface area (Å²) in [5, 5.41) is 2.99. The molecule has 0 amide bonds. The van der Waals surface area contributed by atoms with Crippen molar-refractivity contribution < 1.29 is 26.3 Å². The number of ether oxygens (including phenoxy) is 1. The highest BCUT2D eigenvalue weighted by atomic mass is 32.2. The highest BCUT2D eigenvalue weighted by Crippen LogP contribution is 2.14. The topological polar surface area (TPSA) is 55.4 Å². The van der Waals surface area contributed by atoms with Crippen LogP contribution in [0.4, 0.5) is 13.2 Å². The lowest BCUT2D eigenvalue weighted by atomic mass is 10.1. The van der Waals surface area contributed by atoms with Crippen molar-refractivity contribution in [2.75, 3.05) is 31.3 Å². The van der Waals surface area contributed by atoms with Gasteiger partial charge in [-0.25, -0.2) is 8.42 Å². The standard InChI is InChI=1S/C9H16F3NO3S/c10-9(11,12)7-16-4-3-13-8-1-5-17(14,15)6-2-8/h8,13H,1-7H2. The zero-order valence-corrected chi connectivity index (χ0v) is 10.1. The molecular formula is C9H16F3NO3S. The maximum atomic E-state index is 11.7. The highest BCUT2D eigenvalue weighted by Gasteiger charge is 2.27. The summed E-state index contributed by atoms with van der Waals surface area (Å²) in [6, 6.07) is 0.0630. The van der Waals surface area contributed by atoms with Crippen LogP contribution in [0.2, 0.25) is 0 Å². The largest absolute Gasteiger partial charge is 0.411 e. The summed E-state index contributed by atoms with van der Waals surface area (Å²) in [7, 11) is -2.89. The molecule has 1 saturated heterocycles. The molecule has 1 aliphatic rings. The van der Waals surface area contributed by atoms with Crippen LogP contribution in [0, 0.1) is 0 Å². The van der Waals surface area contributed by atoms with Crippen LogP contribution in [0.5, 0.6) is 0 Å². The molecule has 1 heterocycles. The number of halogens is 3. The Kier molecular flexibility index (Phi) is 5.21. The van der Waals surface area contributed by atoms with Crippen molar-refractivity contribution in [2.24, 2.45) is 0 Å². The summed E-state index contributed by atoms with van der Waals surface area (Å²) < 4.78 is 61.8. The lowest BCUT2D eigenvalue weighted by Crippen LogP contribution is -2.39. The first kappa shape index (κ1) is 14.7. The van der Waals surface area contributed by atoms with Gasteiger partial charge in [0, 0.05) is 12.6 Å². The third kappa shape index (κ3) is 6.85. The monoisotopic (exact) mass is 275 g/mol. The van der Waals surface area contributed by atoms with Gasteiger partial charge in [0.15, 0.2) is 0 Å². The van der Waals surface area contributed by atoms with E-state index >= 15 is 0 Å². The molecule has 102 valence electrons. The molecule has 0 aromatic heterocycles. The van der Waals surface area contributed by atoms with Crippen molar-refractivity contribution in [1.29, 1.82) is 0 Å². The van der Waals surface area contributed by atoms with Crippen molar-refractivity contribution in [3.63, 3.8) is 0 Å². The minimum Gasteiger partial charge on any atom is -0.371 e. The molecular weight excluding hydrogens is 259 g/mol. The van der Waals surface area contributed by atoms with Gasteiger partial charge in [-0.15, -0.1) is 0 Å². The third-order valence-electron chi connectivity index (χ3n) is 2.50. The van der Waals surface area contributed by atoms with Crippen molar-refractivity contribution in [3.05, 3.63) is 0 Å². The lowest BCUT2D eigenvalue weighted by molar-refractivity contribution is -0.173. The van der Waals surface area contributed by atoms with Gasteiger partial charge < -0.3 is 10.1 Å². The Morgan fingerprint density at radius 1 is 1.24 bits per heavy atom. The van der Waals surface area contributed by atoms with E-state index in [0.717, 1.165) is 0 Å². The molecule has 0 saturated carbocycles. The number of hydrogen-bond acceptors (Lipinski definition) is 4. The molecule has 0 spiro atoms. The SMILES string of the molecule is O=S1(=O)CCC(NCCOCC(F)(F)F)CC1. The van der Waals surface area contributed by atoms with E-state index in [9.17, 15) is 21.6 Å². The van der Waals surface area contributed by atoms with E-state index in [1.807, 2.05) is 0 Å². The fourth-order valence-electron chi connectivity index (χ4n) is 1.62. The minimum absolute atomic E-state index is 0.0250. The average molecular weight is 275 g/mol. The molecule has 4 nitrogen and oxygen atoms in total. The molecule has 0 radical (unpaired) electrons. The second-order valence-corrected chi connectivity index (χ2v) is 6.35. The second-order valence-electron chi connectivity index (χ2n) is 4.05. The van der Waals surface area contributed by atoms with Gasteiger partial charge in [-0.2, -0.15) is 13.2 Å². The van der Waals surface area contributed by atoms with Gasteiger partial charge in [-0.05, 0) is 12.8 Å². The Morgan fingerprint density at radius 2 is 1.82 bits per heavy atom. The number of rotatable bonds is 5. The van der Waals surface area contributed by atoms with E-state index in [1.54, 1.807) is 0 Å². The molecule has 0 bridgehead atoms. The van der Waals surface area contributed by atoms with Gasteiger partial charge in [-0.3, -0.25) is 0 Å². The summed E-state index contributed by atoms with van der Waals surface area (Å²) in [6.07, 6.45) is -3.26. The molecule has 0 aromatic carbocycles. The van der Waals surface area contributed by atoms with Crippen LogP contribution in [-0.4, -0.2) is 51.9 Å². The van der Waals surface area contributed by atoms with Crippen molar-refractivity contribution in [3.8, 4) is 0 Å². The molecule has 1 rings (SSSR count). The maximum Gasteiger partial charge on any atom is 0.411 e. The number of nitrogens with one attached hydrogen (secondary N) is 1. The molecule has 0 aromatic rings. The highest BCUT2D eigenvalue weighted by molar-refractivity contribution is 7.91. The minimum atomic E-state index is -4.29. The Hall–Kier alpha value is -0.340. The van der Waals surface area contributed by atoms with Crippen LogP contribution in [-0.2, 0) is 14.6 Å². The first-order valence-corrected chi connectivity index (χ1v) is 7.19. The van der Waals surface area contributed by atoms with Gasteiger partial charge in [0.25, 0.3) is 0 Å². The maximum absolute atomic E-state index is 11.7. The summed E-state index contributed by atoms with van der Waals surface area (Å²) in [5.41, 5.74) is 0. The van der Waals surface area contributed by atoms with Crippen LogP contribution < -0.4 is 5.32 Å². The number of alkyl halides is 3. The van der Waals surface area contributed by atoms with Gasteiger partial charge >= 0.3 is 6.18 Å². The number of sulfone groups is 1. The van der Waals surface area contributed by atoms with E-state index in [4.69, 9.17) is 0 Å². The first-order valence-electron chi connectivity index (χ1n) is 5.37. The summed E-state index contributed by atoms with van der Waals surface area (Å²) in [4.78, 5) is 0. The number of hydrogen-bond donors (Lipinski definition) is 1. The predicted octanol–water partition coefficient (Wildman–Crippen LogP) is 0.732. The van der Waals surface area contributed by atoms with E-state index in [1.165, 1.54) is 0 Å². The molecule has 0 aliphatic carbocycles. The quantitative estimate of drug-likeness (QED) is 0.752. The Balaban J connectivity index is 2.05. The molecule has 1 fully saturated rings. The van der Waals surface area contributed by atoms with E-state index in [0.29, 0.717) is 19.4 Å². The Morgan fingerprint density at radius 3 is 2.35 bits per heavy atom. The smallest absolute Gasteiger partial charge is 0.371 e. The molecule has 1 N–H and O–H groups in total. The van der Waals surface area contributed by atoms with Crippen molar-refractivity contribution in [2.45, 2.75) is 25.1 Å². The van der Waals surface area contributed by atoms with E-state index < -0.39 is 22.6 Å². The van der Waals surface area contributed by atoms with Crippen molar-refractivity contribution >= 4 is 9.84 Å². The molecule has 17 heavy (non-hydrogen) atoms. The van der Waals surface area contributed by atoms with Gasteiger partial charge in [0.2, 0.25) is 0 Å². The fraction of sp³-hybridized carbons (Fsp3) is 1.00. The third-order valence-corrected chi connectivity index (χ3v) is 4.22. The van der Waals surface area contributed by atoms with Crippen molar-refractivity contribution in [1.82, 2.24) is 5.32 Å². The molecule has 8 heteroatoms. The first-order chi connectivity index (χ1) is 7.79. The molecule has 1 aliphatic heterocycles. The lowest BCUT2D eigenvalue weighted by Gasteiger charge is -2.23. The molecule has 0 atom stereocenters. The van der Waals surface area contributed by atoms with E-state index in [-0.39, 0.29) is 24.2 Å². The summed E-state index contributed by atoms with van der Waals surface area (Å²) in [5.74, 6) is 0.294. The zero-order valence-electron chi connectivity index (χ0n) is 9.29. The Bertz CT molecular complexity index is 315. The van der Waals surface area contributed by atoms with Gasteiger partial charge in [-0.1, -0.05) is 0 Å².